The van der Waals surface area contributed by atoms with E-state index < -0.39 is 6.43 Å². The fraction of sp³-hybridized carbons (Fsp3) is 0.538. The predicted octanol–water partition coefficient (Wildman–Crippen LogP) is 2.49. The van der Waals surface area contributed by atoms with Gasteiger partial charge in [-0.1, -0.05) is 18.2 Å². The highest BCUT2D eigenvalue weighted by Gasteiger charge is 2.41. The highest BCUT2D eigenvalue weighted by atomic mass is 19.3. The van der Waals surface area contributed by atoms with Gasteiger partial charge in [0.25, 0.3) is 6.43 Å². The van der Waals surface area contributed by atoms with Crippen molar-refractivity contribution in [1.82, 2.24) is 5.32 Å². The summed E-state index contributed by atoms with van der Waals surface area (Å²) < 4.78 is 24.9. The molecular formula is C13H17F2NO. The lowest BCUT2D eigenvalue weighted by Crippen LogP contribution is -2.26. The molecular weight excluding hydrogens is 224 g/mol. The first-order valence-corrected chi connectivity index (χ1v) is 5.84. The van der Waals surface area contributed by atoms with Gasteiger partial charge in [0.15, 0.2) is 0 Å². The molecule has 0 aromatic heterocycles. The van der Waals surface area contributed by atoms with Crippen molar-refractivity contribution in [1.29, 1.82) is 0 Å². The number of aliphatic hydroxyl groups excluding tert-OH is 1. The molecule has 1 aromatic carbocycles. The fourth-order valence-corrected chi connectivity index (χ4v) is 1.88. The Morgan fingerprint density at radius 1 is 1.35 bits per heavy atom. The van der Waals surface area contributed by atoms with Crippen LogP contribution in [0.25, 0.3) is 0 Å². The van der Waals surface area contributed by atoms with Crippen LogP contribution in [0.4, 0.5) is 8.78 Å². The molecule has 0 spiro atoms. The maximum absolute atomic E-state index is 12.5. The number of nitrogens with one attached hydrogen (secondary N) is 1. The van der Waals surface area contributed by atoms with Crippen LogP contribution in [0.2, 0.25) is 0 Å². The minimum absolute atomic E-state index is 0.0559. The van der Waals surface area contributed by atoms with Gasteiger partial charge in [0.1, 0.15) is 0 Å². The zero-order valence-corrected chi connectivity index (χ0v) is 9.63. The Hall–Kier alpha value is -1.00. The molecule has 1 aromatic rings. The minimum atomic E-state index is -2.41. The Labute approximate surface area is 99.7 Å². The van der Waals surface area contributed by atoms with E-state index in [4.69, 9.17) is 5.11 Å². The van der Waals surface area contributed by atoms with Crippen molar-refractivity contribution in [2.45, 2.75) is 25.8 Å². The van der Waals surface area contributed by atoms with Gasteiger partial charge in [-0.15, -0.1) is 0 Å². The zero-order valence-electron chi connectivity index (χ0n) is 9.63. The lowest BCUT2D eigenvalue weighted by Gasteiger charge is -2.13. The maximum Gasteiger partial charge on any atom is 0.263 e. The number of aliphatic hydroxyl groups is 1. The lowest BCUT2D eigenvalue weighted by molar-refractivity contribution is 0.151. The van der Waals surface area contributed by atoms with E-state index in [9.17, 15) is 8.78 Å². The van der Waals surface area contributed by atoms with Crippen molar-refractivity contribution in [2.75, 3.05) is 13.2 Å². The molecule has 2 nitrogen and oxygen atoms in total. The monoisotopic (exact) mass is 241 g/mol. The summed E-state index contributed by atoms with van der Waals surface area (Å²) >= 11 is 0. The number of rotatable bonds is 6. The summed E-state index contributed by atoms with van der Waals surface area (Å²) in [5.41, 5.74) is 0.976. The minimum Gasteiger partial charge on any atom is -0.396 e. The zero-order chi connectivity index (χ0) is 12.3. The van der Waals surface area contributed by atoms with Gasteiger partial charge >= 0.3 is 0 Å². The molecule has 0 heterocycles. The molecule has 94 valence electrons. The van der Waals surface area contributed by atoms with E-state index in [1.54, 1.807) is 6.07 Å². The van der Waals surface area contributed by atoms with E-state index in [0.717, 1.165) is 24.9 Å². The van der Waals surface area contributed by atoms with Gasteiger partial charge in [-0.05, 0) is 24.5 Å². The molecule has 0 radical (unpaired) electrons. The Morgan fingerprint density at radius 2 is 2.12 bits per heavy atom. The average Bonchev–Trinajstić information content (AvgIpc) is 3.10. The van der Waals surface area contributed by atoms with Crippen molar-refractivity contribution < 1.29 is 13.9 Å². The number of alkyl halides is 2. The van der Waals surface area contributed by atoms with Crippen molar-refractivity contribution in [3.63, 3.8) is 0 Å². The number of halogens is 2. The van der Waals surface area contributed by atoms with E-state index in [2.05, 4.69) is 5.32 Å². The van der Waals surface area contributed by atoms with Crippen LogP contribution in [0.3, 0.4) is 0 Å². The van der Waals surface area contributed by atoms with Crippen molar-refractivity contribution >= 4 is 0 Å². The molecule has 0 saturated heterocycles. The quantitative estimate of drug-likeness (QED) is 0.802. The summed E-state index contributed by atoms with van der Waals surface area (Å²) in [6.07, 6.45) is -0.316. The molecule has 0 atom stereocenters. The van der Waals surface area contributed by atoms with Gasteiger partial charge in [-0.3, -0.25) is 0 Å². The van der Waals surface area contributed by atoms with Gasteiger partial charge in [0.05, 0.1) is 0 Å². The van der Waals surface area contributed by atoms with Gasteiger partial charge < -0.3 is 10.4 Å². The van der Waals surface area contributed by atoms with Crippen molar-refractivity contribution in [3.05, 3.63) is 35.4 Å². The molecule has 0 aliphatic heterocycles. The highest BCUT2D eigenvalue weighted by molar-refractivity contribution is 5.24. The third-order valence-corrected chi connectivity index (χ3v) is 3.32. The smallest absolute Gasteiger partial charge is 0.263 e. The summed E-state index contributed by atoms with van der Waals surface area (Å²) in [6.45, 7) is 1.53. The third-order valence-electron chi connectivity index (χ3n) is 3.32. The summed E-state index contributed by atoms with van der Waals surface area (Å²) in [5, 5.41) is 12.3. The Balaban J connectivity index is 1.84. The number of benzene rings is 1. The van der Waals surface area contributed by atoms with Crippen LogP contribution < -0.4 is 5.32 Å². The summed E-state index contributed by atoms with van der Waals surface area (Å²) in [4.78, 5) is 0. The van der Waals surface area contributed by atoms with E-state index in [0.29, 0.717) is 6.54 Å². The first kappa shape index (κ1) is 12.5. The first-order chi connectivity index (χ1) is 8.15. The topological polar surface area (TPSA) is 32.3 Å². The molecule has 0 unspecified atom stereocenters. The predicted molar refractivity (Wildman–Crippen MR) is 61.9 cm³/mol. The second kappa shape index (κ2) is 5.10. The molecule has 1 saturated carbocycles. The summed E-state index contributed by atoms with van der Waals surface area (Å²) in [6, 6.07) is 6.44. The van der Waals surface area contributed by atoms with Crippen LogP contribution in [0.1, 0.15) is 30.4 Å². The molecule has 17 heavy (non-hydrogen) atoms. The maximum atomic E-state index is 12.5. The van der Waals surface area contributed by atoms with Gasteiger partial charge in [-0.2, -0.15) is 0 Å². The normalized spacial score (nSPS) is 17.4. The first-order valence-electron chi connectivity index (χ1n) is 5.84. The van der Waals surface area contributed by atoms with Crippen LogP contribution >= 0.6 is 0 Å². The largest absolute Gasteiger partial charge is 0.396 e. The lowest BCUT2D eigenvalue weighted by atomic mass is 10.1. The summed E-state index contributed by atoms with van der Waals surface area (Å²) in [7, 11) is 0. The highest BCUT2D eigenvalue weighted by Crippen LogP contribution is 2.44. The van der Waals surface area contributed by atoms with E-state index in [1.165, 1.54) is 12.1 Å². The number of hydrogen-bond donors (Lipinski definition) is 2. The van der Waals surface area contributed by atoms with Crippen LogP contribution in [0, 0.1) is 5.41 Å². The fourth-order valence-electron chi connectivity index (χ4n) is 1.88. The van der Waals surface area contributed by atoms with Crippen molar-refractivity contribution in [3.8, 4) is 0 Å². The molecule has 1 fully saturated rings. The molecule has 2 N–H and O–H groups in total. The molecule has 2 rings (SSSR count). The third kappa shape index (κ3) is 3.23. The summed E-state index contributed by atoms with van der Waals surface area (Å²) in [5.74, 6) is 0. The van der Waals surface area contributed by atoms with E-state index in [-0.39, 0.29) is 17.6 Å². The van der Waals surface area contributed by atoms with Crippen LogP contribution in [-0.4, -0.2) is 18.3 Å². The van der Waals surface area contributed by atoms with Gasteiger partial charge in [0.2, 0.25) is 0 Å². The second-order valence-corrected chi connectivity index (χ2v) is 4.81. The Kier molecular flexibility index (Phi) is 3.74. The Bertz CT molecular complexity index is 377. The molecule has 0 bridgehead atoms. The van der Waals surface area contributed by atoms with E-state index in [1.807, 2.05) is 6.07 Å². The van der Waals surface area contributed by atoms with Gasteiger partial charge in [0, 0.05) is 30.7 Å². The second-order valence-electron chi connectivity index (χ2n) is 4.81. The van der Waals surface area contributed by atoms with Crippen LogP contribution in [-0.2, 0) is 6.54 Å². The number of hydrogen-bond acceptors (Lipinski definition) is 2. The van der Waals surface area contributed by atoms with Crippen molar-refractivity contribution in [2.24, 2.45) is 5.41 Å². The molecule has 1 aliphatic rings. The van der Waals surface area contributed by atoms with E-state index >= 15 is 0 Å². The van der Waals surface area contributed by atoms with Crippen LogP contribution in [0.15, 0.2) is 24.3 Å². The SMILES string of the molecule is OCC1(CNCc2cccc(C(F)F)c2)CC1. The molecule has 0 amide bonds. The Morgan fingerprint density at radius 3 is 2.71 bits per heavy atom. The van der Waals surface area contributed by atoms with Crippen LogP contribution in [0.5, 0.6) is 0 Å². The van der Waals surface area contributed by atoms with Gasteiger partial charge in [-0.25, -0.2) is 8.78 Å². The molecule has 4 heteroatoms. The average molecular weight is 241 g/mol. The standard InChI is InChI=1S/C13H17F2NO/c14-12(15)11-3-1-2-10(6-11)7-16-8-13(9-17)4-5-13/h1-3,6,12,16-17H,4-5,7-9H2. The molecule has 1 aliphatic carbocycles.